The topological polar surface area (TPSA) is 49.0 Å². The first-order chi connectivity index (χ1) is 13.3. The van der Waals surface area contributed by atoms with Crippen molar-refractivity contribution in [1.82, 2.24) is 9.97 Å². The van der Waals surface area contributed by atoms with E-state index >= 15 is 0 Å². The minimum Gasteiger partial charge on any atom is -0.362 e. The fourth-order valence-electron chi connectivity index (χ4n) is 3.47. The molecule has 3 heterocycles. The Balaban J connectivity index is 1.53. The summed E-state index contributed by atoms with van der Waals surface area (Å²) in [7, 11) is 0. The molecule has 0 bridgehead atoms. The molecule has 0 amide bonds. The van der Waals surface area contributed by atoms with Gasteiger partial charge in [0.15, 0.2) is 0 Å². The molecule has 0 atom stereocenters. The molecule has 1 aliphatic rings. The highest BCUT2D eigenvalue weighted by Gasteiger charge is 2.19. The summed E-state index contributed by atoms with van der Waals surface area (Å²) in [6.07, 6.45) is 0. The predicted molar refractivity (Wildman–Crippen MR) is 114 cm³/mol. The van der Waals surface area contributed by atoms with E-state index in [0.717, 1.165) is 34.1 Å². The molecule has 6 heteroatoms. The Morgan fingerprint density at radius 1 is 1.07 bits per heavy atom. The van der Waals surface area contributed by atoms with Gasteiger partial charge in [0.1, 0.15) is 10.7 Å². The van der Waals surface area contributed by atoms with Crippen LogP contribution < -0.4 is 10.5 Å². The molecule has 1 aliphatic heterocycles. The fourth-order valence-corrected chi connectivity index (χ4v) is 5.49. The lowest BCUT2D eigenvalue weighted by Crippen LogP contribution is -2.30. The van der Waals surface area contributed by atoms with Crippen molar-refractivity contribution in [3.63, 3.8) is 0 Å². The van der Waals surface area contributed by atoms with Gasteiger partial charge < -0.3 is 9.88 Å². The van der Waals surface area contributed by atoms with Gasteiger partial charge in [-0.1, -0.05) is 42.5 Å². The van der Waals surface area contributed by atoms with Gasteiger partial charge in [-0.15, -0.1) is 23.1 Å². The van der Waals surface area contributed by atoms with Crippen LogP contribution in [0.3, 0.4) is 0 Å². The quantitative estimate of drug-likeness (QED) is 0.547. The van der Waals surface area contributed by atoms with E-state index < -0.39 is 0 Å². The van der Waals surface area contributed by atoms with E-state index in [1.807, 2.05) is 47.5 Å². The number of para-hydroxylation sites is 1. The summed E-state index contributed by atoms with van der Waals surface area (Å²) in [5.41, 5.74) is 3.16. The maximum atomic E-state index is 12.8. The van der Waals surface area contributed by atoms with Crippen LogP contribution in [-0.4, -0.2) is 22.3 Å². The lowest BCUT2D eigenvalue weighted by Gasteiger charge is -2.30. The van der Waals surface area contributed by atoms with Crippen LogP contribution >= 0.6 is 23.1 Å². The number of nitrogens with zero attached hydrogens (tertiary/aromatic N) is 2. The Kier molecular flexibility index (Phi) is 4.22. The molecule has 134 valence electrons. The Morgan fingerprint density at radius 2 is 1.89 bits per heavy atom. The average Bonchev–Trinajstić information content (AvgIpc) is 3.14. The fraction of sp³-hybridized carbons (Fsp3) is 0.143. The molecule has 5 rings (SSSR count). The smallest absolute Gasteiger partial charge is 0.260 e. The van der Waals surface area contributed by atoms with Gasteiger partial charge in [-0.2, -0.15) is 0 Å². The Bertz CT molecular complexity index is 1170. The second kappa shape index (κ2) is 6.87. The molecule has 0 unspecified atom stereocenters. The number of H-pyrrole nitrogens is 1. The zero-order chi connectivity index (χ0) is 18.2. The summed E-state index contributed by atoms with van der Waals surface area (Å²) in [5, 5.41) is 2.71. The second-order valence-corrected chi connectivity index (χ2v) is 8.44. The van der Waals surface area contributed by atoms with Crippen LogP contribution in [0.15, 0.2) is 69.7 Å². The molecule has 2 aromatic carbocycles. The molecule has 0 radical (unpaired) electrons. The largest absolute Gasteiger partial charge is 0.362 e. The molecule has 2 aromatic heterocycles. The molecule has 27 heavy (non-hydrogen) atoms. The van der Waals surface area contributed by atoms with E-state index in [0.29, 0.717) is 11.9 Å². The molecular formula is C21H17N3OS2. The van der Waals surface area contributed by atoms with Gasteiger partial charge in [0.05, 0.1) is 17.6 Å². The summed E-state index contributed by atoms with van der Waals surface area (Å²) in [6, 6.07) is 18.4. The summed E-state index contributed by atoms with van der Waals surface area (Å²) < 4.78 is 0. The number of rotatable bonds is 3. The number of hydrogen-bond acceptors (Lipinski definition) is 5. The number of thioether (sulfide) groups is 1. The van der Waals surface area contributed by atoms with Crippen molar-refractivity contribution < 1.29 is 0 Å². The molecule has 1 N–H and O–H groups in total. The highest BCUT2D eigenvalue weighted by molar-refractivity contribution is 7.99. The lowest BCUT2D eigenvalue weighted by atomic mass is 10.1. The van der Waals surface area contributed by atoms with Crippen LogP contribution in [0.5, 0.6) is 0 Å². The SMILES string of the molecule is O=c1[nH]c(CN2CCSc3ccccc32)nc2scc(-c3ccccc3)c12. The molecule has 4 aromatic rings. The van der Waals surface area contributed by atoms with Crippen LogP contribution in [0, 0.1) is 0 Å². The van der Waals surface area contributed by atoms with E-state index in [2.05, 4.69) is 34.1 Å². The Hall–Kier alpha value is -2.57. The zero-order valence-corrected chi connectivity index (χ0v) is 16.1. The van der Waals surface area contributed by atoms with E-state index in [-0.39, 0.29) is 5.56 Å². The normalized spacial score (nSPS) is 13.7. The maximum absolute atomic E-state index is 12.8. The minimum atomic E-state index is -0.0604. The number of thiophene rings is 1. The van der Waals surface area contributed by atoms with Crippen molar-refractivity contribution in [3.05, 3.63) is 76.2 Å². The molecule has 0 aliphatic carbocycles. The third-order valence-corrected chi connectivity index (χ3v) is 6.66. The highest BCUT2D eigenvalue weighted by atomic mass is 32.2. The van der Waals surface area contributed by atoms with Gasteiger partial charge in [-0.3, -0.25) is 4.79 Å². The lowest BCUT2D eigenvalue weighted by molar-refractivity contribution is 0.772. The number of aromatic amines is 1. The van der Waals surface area contributed by atoms with E-state index in [4.69, 9.17) is 4.98 Å². The zero-order valence-electron chi connectivity index (χ0n) is 14.5. The van der Waals surface area contributed by atoms with Crippen LogP contribution in [0.1, 0.15) is 5.82 Å². The number of nitrogens with one attached hydrogen (secondary N) is 1. The van der Waals surface area contributed by atoms with E-state index in [1.54, 1.807) is 0 Å². The first-order valence-corrected chi connectivity index (χ1v) is 10.7. The van der Waals surface area contributed by atoms with Crippen LogP contribution in [0.4, 0.5) is 5.69 Å². The van der Waals surface area contributed by atoms with Crippen LogP contribution in [0.25, 0.3) is 21.3 Å². The molecule has 4 nitrogen and oxygen atoms in total. The van der Waals surface area contributed by atoms with Crippen LogP contribution in [-0.2, 0) is 6.54 Å². The Morgan fingerprint density at radius 3 is 2.78 bits per heavy atom. The number of aromatic nitrogens is 2. The third-order valence-electron chi connectivity index (χ3n) is 4.74. The van der Waals surface area contributed by atoms with Crippen LogP contribution in [0.2, 0.25) is 0 Å². The Labute approximate surface area is 164 Å². The summed E-state index contributed by atoms with van der Waals surface area (Å²) in [5.74, 6) is 1.76. The number of hydrogen-bond donors (Lipinski definition) is 1. The predicted octanol–water partition coefficient (Wildman–Crippen LogP) is 4.76. The molecule has 0 saturated heterocycles. The van der Waals surface area contributed by atoms with Crippen molar-refractivity contribution in [2.24, 2.45) is 0 Å². The van der Waals surface area contributed by atoms with Crippen molar-refractivity contribution in [3.8, 4) is 11.1 Å². The van der Waals surface area contributed by atoms with Gasteiger partial charge in [0, 0.05) is 28.1 Å². The number of anilines is 1. The van der Waals surface area contributed by atoms with Gasteiger partial charge in [-0.05, 0) is 17.7 Å². The summed E-state index contributed by atoms with van der Waals surface area (Å²) in [4.78, 5) is 25.0. The summed E-state index contributed by atoms with van der Waals surface area (Å²) >= 11 is 3.41. The monoisotopic (exact) mass is 391 g/mol. The summed E-state index contributed by atoms with van der Waals surface area (Å²) in [6.45, 7) is 1.56. The van der Waals surface area contributed by atoms with Crippen molar-refractivity contribution >= 4 is 39.0 Å². The molecule has 0 fully saturated rings. The number of benzene rings is 2. The number of fused-ring (bicyclic) bond motifs is 2. The highest BCUT2D eigenvalue weighted by Crippen LogP contribution is 2.35. The standard InChI is InChI=1S/C21H17N3OS2/c25-20-19-15(14-6-2-1-3-7-14)13-27-21(19)23-18(22-20)12-24-10-11-26-17-9-5-4-8-16(17)24/h1-9,13H,10-12H2,(H,22,23,25). The molecular weight excluding hydrogens is 374 g/mol. The van der Waals surface area contributed by atoms with Gasteiger partial charge >= 0.3 is 0 Å². The maximum Gasteiger partial charge on any atom is 0.260 e. The van der Waals surface area contributed by atoms with Gasteiger partial charge in [0.2, 0.25) is 0 Å². The van der Waals surface area contributed by atoms with Crippen molar-refractivity contribution in [2.75, 3.05) is 17.2 Å². The van der Waals surface area contributed by atoms with Gasteiger partial charge in [-0.25, -0.2) is 4.98 Å². The molecule has 0 spiro atoms. The van der Waals surface area contributed by atoms with E-state index in [1.165, 1.54) is 21.9 Å². The van der Waals surface area contributed by atoms with Crippen molar-refractivity contribution in [2.45, 2.75) is 11.4 Å². The molecule has 0 saturated carbocycles. The van der Waals surface area contributed by atoms with Crippen molar-refractivity contribution in [1.29, 1.82) is 0 Å². The third kappa shape index (κ3) is 3.05. The first kappa shape index (κ1) is 16.6. The van der Waals surface area contributed by atoms with E-state index in [9.17, 15) is 4.79 Å². The minimum absolute atomic E-state index is 0.0604. The first-order valence-electron chi connectivity index (χ1n) is 8.82. The second-order valence-electron chi connectivity index (χ2n) is 6.45. The average molecular weight is 392 g/mol. The van der Waals surface area contributed by atoms with Gasteiger partial charge in [0.25, 0.3) is 5.56 Å².